The number of aromatic hydroxyl groups is 1. The molecule has 0 atom stereocenters. The number of nitrogens with zero attached hydrogens (tertiary/aromatic N) is 1. The van der Waals surface area contributed by atoms with E-state index in [2.05, 4.69) is 31.6 Å². The van der Waals surface area contributed by atoms with Gasteiger partial charge in [0.2, 0.25) is 5.96 Å². The fourth-order valence-electron chi connectivity index (χ4n) is 1.45. The van der Waals surface area contributed by atoms with Gasteiger partial charge in [-0.25, -0.2) is 4.79 Å². The number of hydrogen-bond acceptors (Lipinski definition) is 4. The molecule has 0 radical (unpaired) electrons. The molecule has 0 aliphatic carbocycles. The normalized spacial score (nSPS) is 12.0. The van der Waals surface area contributed by atoms with Crippen LogP contribution in [-0.2, 0) is 11.3 Å². The van der Waals surface area contributed by atoms with Gasteiger partial charge in [-0.3, -0.25) is 10.3 Å². The molecule has 116 valence electrons. The predicted molar refractivity (Wildman–Crippen MR) is 85.4 cm³/mol. The number of phenolic OH excluding ortho intramolecular Hbond substituents is 1. The summed E-state index contributed by atoms with van der Waals surface area (Å²) in [7, 11) is 1.54. The fraction of sp³-hybridized carbons (Fsp3) is 0.429. The van der Waals surface area contributed by atoms with Crippen LogP contribution in [0.15, 0.2) is 27.7 Å². The number of phenols is 1. The highest BCUT2D eigenvalue weighted by molar-refractivity contribution is 9.10. The number of rotatable bonds is 2. The van der Waals surface area contributed by atoms with Gasteiger partial charge in [-0.1, -0.05) is 15.9 Å². The van der Waals surface area contributed by atoms with E-state index in [4.69, 9.17) is 4.74 Å². The van der Waals surface area contributed by atoms with Crippen LogP contribution in [0.5, 0.6) is 5.75 Å². The zero-order valence-electron chi connectivity index (χ0n) is 12.5. The molecule has 6 nitrogen and oxygen atoms in total. The van der Waals surface area contributed by atoms with E-state index in [1.807, 2.05) is 0 Å². The Labute approximate surface area is 132 Å². The summed E-state index contributed by atoms with van der Waals surface area (Å²) in [4.78, 5) is 15.6. The van der Waals surface area contributed by atoms with Crippen molar-refractivity contribution >= 4 is 28.0 Å². The van der Waals surface area contributed by atoms with E-state index < -0.39 is 11.7 Å². The summed E-state index contributed by atoms with van der Waals surface area (Å²) in [5.41, 5.74) is 0.0994. The van der Waals surface area contributed by atoms with Crippen molar-refractivity contribution in [2.75, 3.05) is 7.05 Å². The van der Waals surface area contributed by atoms with Gasteiger partial charge in [-0.05, 0) is 39.0 Å². The standard InChI is InChI=1S/C14H20BrN3O3/c1-14(2,3)21-13(20)18-12(16-4)17-8-9-7-10(15)5-6-11(9)19/h5-7,19H,8H2,1-4H3,(H2,16,17,18,20). The van der Waals surface area contributed by atoms with E-state index >= 15 is 0 Å². The minimum Gasteiger partial charge on any atom is -0.508 e. The first-order chi connectivity index (χ1) is 9.71. The lowest BCUT2D eigenvalue weighted by atomic mass is 10.2. The van der Waals surface area contributed by atoms with E-state index in [0.717, 1.165) is 4.47 Å². The van der Waals surface area contributed by atoms with Crippen LogP contribution in [0.1, 0.15) is 26.3 Å². The second-order valence-electron chi connectivity index (χ2n) is 5.33. The van der Waals surface area contributed by atoms with Crippen molar-refractivity contribution in [3.8, 4) is 5.75 Å². The van der Waals surface area contributed by atoms with Gasteiger partial charge in [0.1, 0.15) is 11.4 Å². The third-order valence-electron chi connectivity index (χ3n) is 2.33. The summed E-state index contributed by atoms with van der Waals surface area (Å²) in [6, 6.07) is 5.11. The van der Waals surface area contributed by atoms with Gasteiger partial charge >= 0.3 is 6.09 Å². The Morgan fingerprint density at radius 3 is 2.67 bits per heavy atom. The van der Waals surface area contributed by atoms with Gasteiger partial charge in [-0.15, -0.1) is 0 Å². The average Bonchev–Trinajstić information content (AvgIpc) is 2.36. The Balaban J connectivity index is 2.60. The Hall–Kier alpha value is -1.76. The van der Waals surface area contributed by atoms with Crippen LogP contribution in [0.4, 0.5) is 4.79 Å². The molecule has 1 amide bonds. The van der Waals surface area contributed by atoms with Crippen molar-refractivity contribution in [1.29, 1.82) is 0 Å². The summed E-state index contributed by atoms with van der Waals surface area (Å²) in [5, 5.41) is 15.2. The first kappa shape index (κ1) is 17.3. The fourth-order valence-corrected chi connectivity index (χ4v) is 1.86. The highest BCUT2D eigenvalue weighted by Gasteiger charge is 2.17. The molecule has 0 heterocycles. The number of hydrogen-bond donors (Lipinski definition) is 3. The van der Waals surface area contributed by atoms with Crippen molar-refractivity contribution in [1.82, 2.24) is 10.6 Å². The summed E-state index contributed by atoms with van der Waals surface area (Å²) < 4.78 is 5.99. The Morgan fingerprint density at radius 2 is 2.10 bits per heavy atom. The number of guanidine groups is 1. The molecular formula is C14H20BrN3O3. The van der Waals surface area contributed by atoms with Gasteiger partial charge in [0, 0.05) is 23.6 Å². The van der Waals surface area contributed by atoms with Crippen molar-refractivity contribution in [2.24, 2.45) is 4.99 Å². The molecule has 21 heavy (non-hydrogen) atoms. The van der Waals surface area contributed by atoms with Crippen molar-refractivity contribution in [3.63, 3.8) is 0 Å². The maximum atomic E-state index is 11.6. The van der Waals surface area contributed by atoms with E-state index in [9.17, 15) is 9.90 Å². The number of aliphatic imine (C=N–C) groups is 1. The summed E-state index contributed by atoms with van der Waals surface area (Å²) in [5.74, 6) is 0.432. The second kappa shape index (κ2) is 7.31. The number of carbonyl (C=O) groups excluding carboxylic acids is 1. The molecular weight excluding hydrogens is 338 g/mol. The number of nitrogens with one attached hydrogen (secondary N) is 2. The lowest BCUT2D eigenvalue weighted by Gasteiger charge is -2.20. The first-order valence-corrected chi connectivity index (χ1v) is 7.18. The summed E-state index contributed by atoms with van der Waals surface area (Å²) in [6.45, 7) is 5.65. The smallest absolute Gasteiger partial charge is 0.414 e. The quantitative estimate of drug-likeness (QED) is 0.561. The maximum absolute atomic E-state index is 11.6. The first-order valence-electron chi connectivity index (χ1n) is 6.39. The number of halogens is 1. The topological polar surface area (TPSA) is 83.0 Å². The molecule has 0 fully saturated rings. The lowest BCUT2D eigenvalue weighted by Crippen LogP contribution is -2.43. The molecule has 0 spiro atoms. The molecule has 7 heteroatoms. The van der Waals surface area contributed by atoms with Gasteiger partial charge < -0.3 is 15.2 Å². The van der Waals surface area contributed by atoms with Crippen LogP contribution >= 0.6 is 15.9 Å². The van der Waals surface area contributed by atoms with Gasteiger partial charge in [0.15, 0.2) is 0 Å². The second-order valence-corrected chi connectivity index (χ2v) is 6.24. The van der Waals surface area contributed by atoms with Crippen LogP contribution < -0.4 is 10.6 Å². The summed E-state index contributed by atoms with van der Waals surface area (Å²) >= 11 is 3.33. The van der Waals surface area contributed by atoms with Crippen LogP contribution in [0.3, 0.4) is 0 Å². The zero-order chi connectivity index (χ0) is 16.0. The highest BCUT2D eigenvalue weighted by Crippen LogP contribution is 2.21. The predicted octanol–water partition coefficient (Wildman–Crippen LogP) is 2.75. The molecule has 0 unspecified atom stereocenters. The third-order valence-corrected chi connectivity index (χ3v) is 2.82. The molecule has 3 N–H and O–H groups in total. The number of amides is 1. The van der Waals surface area contributed by atoms with Crippen molar-refractivity contribution in [3.05, 3.63) is 28.2 Å². The Kier molecular flexibility index (Phi) is 6.02. The van der Waals surface area contributed by atoms with E-state index in [1.165, 1.54) is 0 Å². The largest absolute Gasteiger partial charge is 0.508 e. The van der Waals surface area contributed by atoms with Crippen LogP contribution in [0, 0.1) is 0 Å². The van der Waals surface area contributed by atoms with E-state index in [1.54, 1.807) is 46.0 Å². The van der Waals surface area contributed by atoms with Gasteiger partial charge in [-0.2, -0.15) is 0 Å². The SMILES string of the molecule is CN=C(NCc1cc(Br)ccc1O)NC(=O)OC(C)(C)C. The van der Waals surface area contributed by atoms with Crippen LogP contribution in [0.2, 0.25) is 0 Å². The molecule has 1 rings (SSSR count). The average molecular weight is 358 g/mol. The highest BCUT2D eigenvalue weighted by atomic mass is 79.9. The minimum atomic E-state index is -0.589. The van der Waals surface area contributed by atoms with Crippen molar-refractivity contribution < 1.29 is 14.6 Å². The lowest BCUT2D eigenvalue weighted by molar-refractivity contribution is 0.0561. The molecule has 0 aliphatic heterocycles. The number of carbonyl (C=O) groups is 1. The minimum absolute atomic E-state index is 0.165. The Morgan fingerprint density at radius 1 is 1.43 bits per heavy atom. The third kappa shape index (κ3) is 6.48. The number of benzene rings is 1. The molecule has 0 aliphatic rings. The summed E-state index contributed by atoms with van der Waals surface area (Å²) in [6.07, 6.45) is -0.589. The van der Waals surface area contributed by atoms with E-state index in [0.29, 0.717) is 12.1 Å². The molecule has 1 aromatic carbocycles. The van der Waals surface area contributed by atoms with Crippen LogP contribution in [0.25, 0.3) is 0 Å². The van der Waals surface area contributed by atoms with E-state index in [-0.39, 0.29) is 11.7 Å². The number of ether oxygens (including phenoxy) is 1. The van der Waals surface area contributed by atoms with Gasteiger partial charge in [0.05, 0.1) is 0 Å². The molecule has 0 bridgehead atoms. The zero-order valence-corrected chi connectivity index (χ0v) is 14.1. The number of alkyl carbamates (subject to hydrolysis) is 1. The molecule has 1 aromatic rings. The molecule has 0 aromatic heterocycles. The van der Waals surface area contributed by atoms with Crippen LogP contribution in [-0.4, -0.2) is 29.8 Å². The monoisotopic (exact) mass is 357 g/mol. The molecule has 0 saturated carbocycles. The Bertz CT molecular complexity index is 539. The van der Waals surface area contributed by atoms with Gasteiger partial charge in [0.25, 0.3) is 0 Å². The molecule has 0 saturated heterocycles. The maximum Gasteiger partial charge on any atom is 0.414 e. The van der Waals surface area contributed by atoms with Crippen molar-refractivity contribution in [2.45, 2.75) is 32.9 Å².